The molecule has 1 aromatic carbocycles. The Balaban J connectivity index is 1.61. The molecule has 0 saturated heterocycles. The van der Waals surface area contributed by atoms with Crippen LogP contribution in [-0.2, 0) is 4.74 Å². The van der Waals surface area contributed by atoms with E-state index in [9.17, 15) is 4.79 Å². The number of carbonyl (C=O) groups is 1. The summed E-state index contributed by atoms with van der Waals surface area (Å²) in [6.45, 7) is 0.381. The molecule has 0 aliphatic heterocycles. The minimum absolute atomic E-state index is 0.0639. The molecule has 0 bridgehead atoms. The number of amides is 1. The van der Waals surface area contributed by atoms with E-state index in [-0.39, 0.29) is 11.9 Å². The standard InChI is InChI=1S/C22H24N4O2/c1-26(20(14-28-2)19-8-3-4-11-23-19)22(27)17-7-5-6-16(12-17)18-13-24-25-21(18)15-9-10-15/h3-8,11-13,15,20H,9-10,14H2,1-2H3,(H,24,25)/t20-/m0/s1. The molecule has 0 spiro atoms. The largest absolute Gasteiger partial charge is 0.382 e. The quantitative estimate of drug-likeness (QED) is 0.681. The number of nitrogens with zero attached hydrogens (tertiary/aromatic N) is 3. The van der Waals surface area contributed by atoms with E-state index in [0.29, 0.717) is 18.1 Å². The normalized spacial score (nSPS) is 14.6. The van der Waals surface area contributed by atoms with E-state index < -0.39 is 0 Å². The number of pyridine rings is 1. The number of nitrogens with one attached hydrogen (secondary N) is 1. The average Bonchev–Trinajstić information content (AvgIpc) is 3.48. The Morgan fingerprint density at radius 1 is 1.29 bits per heavy atom. The van der Waals surface area contributed by atoms with Crippen molar-refractivity contribution in [1.29, 1.82) is 0 Å². The lowest BCUT2D eigenvalue weighted by molar-refractivity contribution is 0.0595. The molecule has 1 aliphatic rings. The number of H-pyrrole nitrogens is 1. The van der Waals surface area contributed by atoms with Gasteiger partial charge in [0.2, 0.25) is 0 Å². The van der Waals surface area contributed by atoms with Gasteiger partial charge in [-0.2, -0.15) is 5.10 Å². The highest BCUT2D eigenvalue weighted by Crippen LogP contribution is 2.43. The minimum atomic E-state index is -0.252. The van der Waals surface area contributed by atoms with Gasteiger partial charge in [-0.3, -0.25) is 14.9 Å². The number of hydrogen-bond donors (Lipinski definition) is 1. The molecule has 1 fully saturated rings. The van der Waals surface area contributed by atoms with Gasteiger partial charge in [0.05, 0.1) is 24.5 Å². The summed E-state index contributed by atoms with van der Waals surface area (Å²) in [4.78, 5) is 19.3. The molecule has 1 saturated carbocycles. The summed E-state index contributed by atoms with van der Waals surface area (Å²) in [5.74, 6) is 0.501. The third-order valence-corrected chi connectivity index (χ3v) is 5.22. The number of hydrogen-bond acceptors (Lipinski definition) is 4. The van der Waals surface area contributed by atoms with Crippen molar-refractivity contribution in [2.45, 2.75) is 24.8 Å². The van der Waals surface area contributed by atoms with Gasteiger partial charge in [-0.15, -0.1) is 0 Å². The Hall–Kier alpha value is -2.99. The second kappa shape index (κ2) is 7.94. The van der Waals surface area contributed by atoms with Crippen molar-refractivity contribution in [3.8, 4) is 11.1 Å². The molecule has 2 aromatic heterocycles. The number of benzene rings is 1. The number of carbonyl (C=O) groups excluding carboxylic acids is 1. The van der Waals surface area contributed by atoms with Gasteiger partial charge >= 0.3 is 0 Å². The molecular weight excluding hydrogens is 352 g/mol. The van der Waals surface area contributed by atoms with Crippen LogP contribution in [0.15, 0.2) is 54.9 Å². The van der Waals surface area contributed by atoms with Crippen molar-refractivity contribution >= 4 is 5.91 Å². The first-order valence-electron chi connectivity index (χ1n) is 9.49. The molecule has 6 nitrogen and oxygen atoms in total. The molecule has 3 aromatic rings. The Morgan fingerprint density at radius 3 is 2.86 bits per heavy atom. The van der Waals surface area contributed by atoms with Crippen LogP contribution >= 0.6 is 0 Å². The van der Waals surface area contributed by atoms with Gasteiger partial charge in [0.15, 0.2) is 0 Å². The molecule has 0 radical (unpaired) electrons. The van der Waals surface area contributed by atoms with Gasteiger partial charge in [0, 0.05) is 43.1 Å². The van der Waals surface area contributed by atoms with Gasteiger partial charge < -0.3 is 9.64 Å². The summed E-state index contributed by atoms with van der Waals surface area (Å²) >= 11 is 0. The van der Waals surface area contributed by atoms with Crippen molar-refractivity contribution in [1.82, 2.24) is 20.1 Å². The molecule has 1 aliphatic carbocycles. The number of aromatic nitrogens is 3. The van der Waals surface area contributed by atoms with Crippen molar-refractivity contribution in [2.24, 2.45) is 0 Å². The zero-order chi connectivity index (χ0) is 19.5. The Bertz CT molecular complexity index is 950. The van der Waals surface area contributed by atoms with Crippen molar-refractivity contribution < 1.29 is 9.53 Å². The molecule has 28 heavy (non-hydrogen) atoms. The third kappa shape index (κ3) is 3.68. The first kappa shape index (κ1) is 18.4. The van der Waals surface area contributed by atoms with Crippen molar-refractivity contribution in [3.63, 3.8) is 0 Å². The topological polar surface area (TPSA) is 71.1 Å². The highest BCUT2D eigenvalue weighted by atomic mass is 16.5. The second-order valence-corrected chi connectivity index (χ2v) is 7.19. The number of rotatable bonds is 7. The van der Waals surface area contributed by atoms with Crippen LogP contribution in [0.5, 0.6) is 0 Å². The lowest BCUT2D eigenvalue weighted by Crippen LogP contribution is -2.34. The van der Waals surface area contributed by atoms with Crippen LogP contribution in [0.1, 0.15) is 46.5 Å². The highest BCUT2D eigenvalue weighted by molar-refractivity contribution is 5.95. The average molecular weight is 376 g/mol. The zero-order valence-electron chi connectivity index (χ0n) is 16.1. The Kier molecular flexibility index (Phi) is 5.21. The minimum Gasteiger partial charge on any atom is -0.382 e. The number of methoxy groups -OCH3 is 1. The van der Waals surface area contributed by atoms with Crippen LogP contribution in [0.25, 0.3) is 11.1 Å². The predicted molar refractivity (Wildman–Crippen MR) is 107 cm³/mol. The fourth-order valence-electron chi connectivity index (χ4n) is 3.50. The number of ether oxygens (including phenoxy) is 1. The Morgan fingerprint density at radius 2 is 2.14 bits per heavy atom. The summed E-state index contributed by atoms with van der Waals surface area (Å²) < 4.78 is 5.35. The third-order valence-electron chi connectivity index (χ3n) is 5.22. The second-order valence-electron chi connectivity index (χ2n) is 7.19. The lowest BCUT2D eigenvalue weighted by Gasteiger charge is -2.27. The van der Waals surface area contributed by atoms with Gasteiger partial charge in [0.25, 0.3) is 5.91 Å². The smallest absolute Gasteiger partial charge is 0.254 e. The maximum atomic E-state index is 13.2. The van der Waals surface area contributed by atoms with E-state index in [4.69, 9.17) is 4.74 Å². The molecule has 1 amide bonds. The van der Waals surface area contributed by atoms with Crippen LogP contribution in [0.4, 0.5) is 0 Å². The molecule has 4 rings (SSSR count). The summed E-state index contributed by atoms with van der Waals surface area (Å²) in [6, 6.07) is 13.2. The summed E-state index contributed by atoms with van der Waals surface area (Å²) in [7, 11) is 3.42. The van der Waals surface area contributed by atoms with E-state index in [0.717, 1.165) is 16.8 Å². The van der Waals surface area contributed by atoms with E-state index in [1.807, 2.05) is 48.7 Å². The van der Waals surface area contributed by atoms with Gasteiger partial charge in [-0.25, -0.2) is 0 Å². The SMILES string of the molecule is COC[C@@H](c1ccccn1)N(C)C(=O)c1cccc(-c2cn[nH]c2C2CC2)c1. The number of likely N-dealkylation sites (N-methyl/N-ethyl adjacent to an activating group) is 1. The first-order valence-corrected chi connectivity index (χ1v) is 9.49. The lowest BCUT2D eigenvalue weighted by atomic mass is 10.0. The van der Waals surface area contributed by atoms with Crippen LogP contribution in [0.3, 0.4) is 0 Å². The highest BCUT2D eigenvalue weighted by Gasteiger charge is 2.29. The first-order chi connectivity index (χ1) is 13.7. The summed E-state index contributed by atoms with van der Waals surface area (Å²) in [5.41, 5.74) is 4.71. The molecular formula is C22H24N4O2. The van der Waals surface area contributed by atoms with Crippen molar-refractivity contribution in [2.75, 3.05) is 20.8 Å². The monoisotopic (exact) mass is 376 g/mol. The maximum Gasteiger partial charge on any atom is 0.254 e. The van der Waals surface area contributed by atoms with Gasteiger partial charge in [-0.1, -0.05) is 18.2 Å². The molecule has 1 atom stereocenters. The summed E-state index contributed by atoms with van der Waals surface area (Å²) in [6.07, 6.45) is 5.97. The summed E-state index contributed by atoms with van der Waals surface area (Å²) in [5, 5.41) is 7.34. The molecule has 2 heterocycles. The molecule has 6 heteroatoms. The molecule has 144 valence electrons. The van der Waals surface area contributed by atoms with Crippen LogP contribution in [-0.4, -0.2) is 46.8 Å². The van der Waals surface area contributed by atoms with E-state index in [2.05, 4.69) is 15.2 Å². The molecule has 0 unspecified atom stereocenters. The van der Waals surface area contributed by atoms with E-state index in [1.54, 1.807) is 25.3 Å². The molecule has 1 N–H and O–H groups in total. The van der Waals surface area contributed by atoms with Crippen LogP contribution in [0, 0.1) is 0 Å². The number of aromatic amines is 1. The van der Waals surface area contributed by atoms with Gasteiger partial charge in [-0.05, 0) is 42.7 Å². The maximum absolute atomic E-state index is 13.2. The fraction of sp³-hybridized carbons (Fsp3) is 0.318. The van der Waals surface area contributed by atoms with Gasteiger partial charge in [0.1, 0.15) is 0 Å². The van der Waals surface area contributed by atoms with E-state index in [1.165, 1.54) is 18.5 Å². The zero-order valence-corrected chi connectivity index (χ0v) is 16.1. The van der Waals surface area contributed by atoms with Crippen LogP contribution in [0.2, 0.25) is 0 Å². The fourth-order valence-corrected chi connectivity index (χ4v) is 3.50. The van der Waals surface area contributed by atoms with Crippen molar-refractivity contribution in [3.05, 3.63) is 71.8 Å². The van der Waals surface area contributed by atoms with Crippen LogP contribution < -0.4 is 0 Å². The Labute approximate surface area is 164 Å². The predicted octanol–water partition coefficient (Wildman–Crippen LogP) is 3.81. The van der Waals surface area contributed by atoms with E-state index >= 15 is 0 Å².